The van der Waals surface area contributed by atoms with Gasteiger partial charge in [0.2, 0.25) is 0 Å². The van der Waals surface area contributed by atoms with Gasteiger partial charge in [0.15, 0.2) is 0 Å². The van der Waals surface area contributed by atoms with Gasteiger partial charge in [-0.05, 0) is 41.8 Å². The Morgan fingerprint density at radius 3 is 2.67 bits per heavy atom. The zero-order valence-corrected chi connectivity index (χ0v) is 9.17. The van der Waals surface area contributed by atoms with Crippen LogP contribution in [0.3, 0.4) is 0 Å². The topological polar surface area (TPSA) is 17.1 Å². The van der Waals surface area contributed by atoms with Crippen LogP contribution < -0.4 is 0 Å². The van der Waals surface area contributed by atoms with Gasteiger partial charge >= 0.3 is 0 Å². The van der Waals surface area contributed by atoms with Gasteiger partial charge in [-0.2, -0.15) is 0 Å². The average molecular weight is 245 g/mol. The lowest BCUT2D eigenvalue weighted by Gasteiger charge is -2.02. The molecule has 1 aromatic heterocycles. The molecule has 12 heavy (non-hydrogen) atoms. The fourth-order valence-corrected chi connectivity index (χ4v) is 3.60. The van der Waals surface area contributed by atoms with E-state index in [1.165, 1.54) is 9.75 Å². The van der Waals surface area contributed by atoms with E-state index >= 15 is 0 Å². The maximum atomic E-state index is 10.8. The van der Waals surface area contributed by atoms with E-state index in [2.05, 4.69) is 28.9 Å². The van der Waals surface area contributed by atoms with Crippen molar-refractivity contribution in [3.05, 3.63) is 20.3 Å². The second-order valence-electron chi connectivity index (χ2n) is 3.31. The standard InChI is InChI=1S/C9H9BrOS/c1-6-4-7(10)8(12-6)9(5-11)2-3-9/h4-5H,2-3H2,1H3. The number of carbonyl (C=O) groups is 1. The summed E-state index contributed by atoms with van der Waals surface area (Å²) < 4.78 is 1.11. The Morgan fingerprint density at radius 1 is 1.67 bits per heavy atom. The van der Waals surface area contributed by atoms with Crippen molar-refractivity contribution in [1.29, 1.82) is 0 Å². The zero-order valence-electron chi connectivity index (χ0n) is 6.76. The molecule has 1 nitrogen and oxygen atoms in total. The highest BCUT2D eigenvalue weighted by molar-refractivity contribution is 9.10. The van der Waals surface area contributed by atoms with Crippen LogP contribution >= 0.6 is 27.3 Å². The summed E-state index contributed by atoms with van der Waals surface area (Å²) in [7, 11) is 0. The molecular weight excluding hydrogens is 236 g/mol. The van der Waals surface area contributed by atoms with E-state index in [9.17, 15) is 4.79 Å². The van der Waals surface area contributed by atoms with Crippen LogP contribution in [0.5, 0.6) is 0 Å². The van der Waals surface area contributed by atoms with E-state index in [-0.39, 0.29) is 5.41 Å². The van der Waals surface area contributed by atoms with Crippen molar-refractivity contribution in [2.45, 2.75) is 25.2 Å². The normalized spacial score (nSPS) is 19.2. The first-order valence-electron chi connectivity index (χ1n) is 3.91. The first kappa shape index (κ1) is 8.45. The van der Waals surface area contributed by atoms with E-state index < -0.39 is 0 Å². The lowest BCUT2D eigenvalue weighted by atomic mass is 10.1. The summed E-state index contributed by atoms with van der Waals surface area (Å²) >= 11 is 5.22. The van der Waals surface area contributed by atoms with Crippen LogP contribution in [0.4, 0.5) is 0 Å². The number of aldehydes is 1. The molecule has 0 N–H and O–H groups in total. The summed E-state index contributed by atoms with van der Waals surface area (Å²) in [5.74, 6) is 0. The molecule has 0 atom stereocenters. The van der Waals surface area contributed by atoms with Crippen molar-refractivity contribution in [3.8, 4) is 0 Å². The number of hydrogen-bond acceptors (Lipinski definition) is 2. The number of aryl methyl sites for hydroxylation is 1. The second kappa shape index (κ2) is 2.67. The van der Waals surface area contributed by atoms with E-state index in [4.69, 9.17) is 0 Å². The van der Waals surface area contributed by atoms with Crippen LogP contribution in [0.15, 0.2) is 10.5 Å². The van der Waals surface area contributed by atoms with Crippen molar-refractivity contribution < 1.29 is 4.79 Å². The predicted octanol–water partition coefficient (Wildman–Crippen LogP) is 3.05. The molecule has 0 bridgehead atoms. The van der Waals surface area contributed by atoms with Crippen molar-refractivity contribution in [3.63, 3.8) is 0 Å². The SMILES string of the molecule is Cc1cc(Br)c(C2(C=O)CC2)s1. The maximum Gasteiger partial charge on any atom is 0.131 e. The molecule has 1 fully saturated rings. The molecule has 0 unspecified atom stereocenters. The molecule has 3 heteroatoms. The molecule has 0 amide bonds. The Kier molecular flexibility index (Phi) is 1.88. The lowest BCUT2D eigenvalue weighted by Crippen LogP contribution is -2.05. The highest BCUT2D eigenvalue weighted by Gasteiger charge is 2.46. The third-order valence-electron chi connectivity index (χ3n) is 2.28. The molecule has 1 aromatic rings. The number of halogens is 1. The Labute approximate surface area is 83.9 Å². The monoisotopic (exact) mass is 244 g/mol. The molecular formula is C9H9BrOS. The van der Waals surface area contributed by atoms with E-state index in [1.54, 1.807) is 11.3 Å². The largest absolute Gasteiger partial charge is 0.302 e. The van der Waals surface area contributed by atoms with Gasteiger partial charge in [-0.3, -0.25) is 0 Å². The Hall–Kier alpha value is -0.150. The minimum Gasteiger partial charge on any atom is -0.302 e. The van der Waals surface area contributed by atoms with E-state index in [0.29, 0.717) is 0 Å². The van der Waals surface area contributed by atoms with Gasteiger partial charge in [0, 0.05) is 14.2 Å². The summed E-state index contributed by atoms with van der Waals surface area (Å²) in [5, 5.41) is 0. The molecule has 0 aliphatic heterocycles. The molecule has 0 aromatic carbocycles. The molecule has 1 saturated carbocycles. The number of hydrogen-bond donors (Lipinski definition) is 0. The lowest BCUT2D eigenvalue weighted by molar-refractivity contribution is -0.109. The third kappa shape index (κ3) is 1.15. The maximum absolute atomic E-state index is 10.8. The van der Waals surface area contributed by atoms with Gasteiger partial charge in [-0.25, -0.2) is 0 Å². The summed E-state index contributed by atoms with van der Waals surface area (Å²) in [5.41, 5.74) is -0.113. The predicted molar refractivity (Wildman–Crippen MR) is 53.7 cm³/mol. The highest BCUT2D eigenvalue weighted by atomic mass is 79.9. The third-order valence-corrected chi connectivity index (χ3v) is 4.43. The number of carbonyl (C=O) groups excluding carboxylic acids is 1. The summed E-state index contributed by atoms with van der Waals surface area (Å²) in [6.07, 6.45) is 3.15. The quantitative estimate of drug-likeness (QED) is 0.732. The van der Waals surface area contributed by atoms with Gasteiger partial charge in [0.25, 0.3) is 0 Å². The number of rotatable bonds is 2. The van der Waals surface area contributed by atoms with Gasteiger partial charge in [-0.15, -0.1) is 11.3 Å². The van der Waals surface area contributed by atoms with Crippen LogP contribution in [-0.4, -0.2) is 6.29 Å². The molecule has 0 spiro atoms. The molecule has 1 heterocycles. The van der Waals surface area contributed by atoms with Crippen LogP contribution in [0.2, 0.25) is 0 Å². The molecule has 64 valence electrons. The summed E-state index contributed by atoms with van der Waals surface area (Å²) in [4.78, 5) is 13.3. The molecule has 1 aliphatic carbocycles. The van der Waals surface area contributed by atoms with Gasteiger partial charge in [0.1, 0.15) is 6.29 Å². The Morgan fingerprint density at radius 2 is 2.33 bits per heavy atom. The summed E-state index contributed by atoms with van der Waals surface area (Å²) in [6.45, 7) is 2.07. The molecule has 0 radical (unpaired) electrons. The highest BCUT2D eigenvalue weighted by Crippen LogP contribution is 2.51. The molecule has 2 rings (SSSR count). The Bertz CT molecular complexity index is 325. The van der Waals surface area contributed by atoms with Crippen LogP contribution in [0, 0.1) is 6.92 Å². The summed E-state index contributed by atoms with van der Waals surface area (Å²) in [6, 6.07) is 2.09. The van der Waals surface area contributed by atoms with E-state index in [0.717, 1.165) is 23.6 Å². The van der Waals surface area contributed by atoms with Gasteiger partial charge < -0.3 is 4.79 Å². The van der Waals surface area contributed by atoms with Crippen LogP contribution in [0.1, 0.15) is 22.6 Å². The smallest absolute Gasteiger partial charge is 0.131 e. The van der Waals surface area contributed by atoms with Crippen molar-refractivity contribution in [2.24, 2.45) is 0 Å². The second-order valence-corrected chi connectivity index (χ2v) is 5.42. The zero-order chi connectivity index (χ0) is 8.77. The van der Waals surface area contributed by atoms with Crippen LogP contribution in [-0.2, 0) is 10.2 Å². The first-order valence-corrected chi connectivity index (χ1v) is 5.52. The Balaban J connectivity index is 2.45. The van der Waals surface area contributed by atoms with Crippen molar-refractivity contribution in [1.82, 2.24) is 0 Å². The van der Waals surface area contributed by atoms with Gasteiger partial charge in [-0.1, -0.05) is 0 Å². The molecule has 0 saturated heterocycles. The van der Waals surface area contributed by atoms with Gasteiger partial charge in [0.05, 0.1) is 5.41 Å². The van der Waals surface area contributed by atoms with Crippen molar-refractivity contribution in [2.75, 3.05) is 0 Å². The average Bonchev–Trinajstić information content (AvgIpc) is 2.74. The fourth-order valence-electron chi connectivity index (χ4n) is 1.36. The minimum atomic E-state index is -0.113. The molecule has 1 aliphatic rings. The van der Waals surface area contributed by atoms with E-state index in [1.807, 2.05) is 0 Å². The first-order chi connectivity index (χ1) is 5.68. The van der Waals surface area contributed by atoms with Crippen LogP contribution in [0.25, 0.3) is 0 Å². The van der Waals surface area contributed by atoms with Crippen molar-refractivity contribution >= 4 is 33.6 Å². The number of thiophene rings is 1. The minimum absolute atomic E-state index is 0.113. The fraction of sp³-hybridized carbons (Fsp3) is 0.444.